The van der Waals surface area contributed by atoms with Gasteiger partial charge in [0, 0.05) is 6.07 Å². The van der Waals surface area contributed by atoms with Gasteiger partial charge in [-0.3, -0.25) is 14.9 Å². The smallest absolute Gasteiger partial charge is 0.315 e. The average Bonchev–Trinajstić information content (AvgIpc) is 2.66. The van der Waals surface area contributed by atoms with Crippen LogP contribution in [0.25, 0.3) is 0 Å². The van der Waals surface area contributed by atoms with E-state index in [4.69, 9.17) is 23.7 Å². The van der Waals surface area contributed by atoms with Gasteiger partial charge in [-0.05, 0) is 23.8 Å². The highest BCUT2D eigenvalue weighted by atomic mass is 16.6. The molecule has 0 radical (unpaired) electrons. The number of non-ortho nitro benzene ring substituents is 1. The number of ether oxygens (including phenoxy) is 5. The standard InChI is InChI=1S/C18H19NO8/c1-23-13-6-5-12(19(21)22)10-14(13)27-17(20)9-11-7-15(24-2)18(26-4)16(8-11)25-3/h5-8,10H,9H2,1-4H3. The van der Waals surface area contributed by atoms with Crippen molar-refractivity contribution in [3.05, 3.63) is 46.0 Å². The van der Waals surface area contributed by atoms with Crippen molar-refractivity contribution in [3.63, 3.8) is 0 Å². The molecule has 9 heteroatoms. The number of esters is 1. The van der Waals surface area contributed by atoms with Crippen molar-refractivity contribution in [1.29, 1.82) is 0 Å². The Hall–Kier alpha value is -3.49. The molecule has 0 aliphatic heterocycles. The van der Waals surface area contributed by atoms with Crippen LogP contribution in [0.5, 0.6) is 28.7 Å². The lowest BCUT2D eigenvalue weighted by molar-refractivity contribution is -0.384. The van der Waals surface area contributed by atoms with Crippen molar-refractivity contribution in [2.75, 3.05) is 28.4 Å². The Labute approximate surface area is 155 Å². The fraction of sp³-hybridized carbons (Fsp3) is 0.278. The highest BCUT2D eigenvalue weighted by Crippen LogP contribution is 2.38. The number of hydrogen-bond donors (Lipinski definition) is 0. The Bertz CT molecular complexity index is 824. The van der Waals surface area contributed by atoms with Gasteiger partial charge >= 0.3 is 5.97 Å². The number of benzene rings is 2. The molecule has 27 heavy (non-hydrogen) atoms. The molecule has 0 bridgehead atoms. The van der Waals surface area contributed by atoms with Gasteiger partial charge in [0.15, 0.2) is 23.0 Å². The number of carbonyl (C=O) groups is 1. The van der Waals surface area contributed by atoms with Crippen LogP contribution in [-0.2, 0) is 11.2 Å². The SMILES string of the molecule is COc1ccc([N+](=O)[O-])cc1OC(=O)Cc1cc(OC)c(OC)c(OC)c1. The summed E-state index contributed by atoms with van der Waals surface area (Å²) in [7, 11) is 5.78. The first-order chi connectivity index (χ1) is 12.9. The lowest BCUT2D eigenvalue weighted by Gasteiger charge is -2.14. The highest BCUT2D eigenvalue weighted by Gasteiger charge is 2.18. The van der Waals surface area contributed by atoms with E-state index < -0.39 is 10.9 Å². The first-order valence-corrected chi connectivity index (χ1v) is 7.75. The number of nitrogens with zero attached hydrogens (tertiary/aromatic N) is 1. The van der Waals surface area contributed by atoms with E-state index in [1.165, 1.54) is 40.6 Å². The van der Waals surface area contributed by atoms with E-state index in [2.05, 4.69) is 0 Å². The molecule has 0 atom stereocenters. The van der Waals surface area contributed by atoms with Crippen molar-refractivity contribution in [2.24, 2.45) is 0 Å². The van der Waals surface area contributed by atoms with Gasteiger partial charge in [0.05, 0.1) is 45.8 Å². The van der Waals surface area contributed by atoms with E-state index in [0.717, 1.165) is 6.07 Å². The molecule has 0 aliphatic rings. The molecular formula is C18H19NO8. The molecule has 0 N–H and O–H groups in total. The summed E-state index contributed by atoms with van der Waals surface area (Å²) >= 11 is 0. The number of methoxy groups -OCH3 is 4. The zero-order valence-electron chi connectivity index (χ0n) is 15.3. The summed E-state index contributed by atoms with van der Waals surface area (Å²) in [5, 5.41) is 10.9. The molecule has 0 spiro atoms. The molecule has 144 valence electrons. The van der Waals surface area contributed by atoms with Gasteiger partial charge in [0.2, 0.25) is 5.75 Å². The maximum atomic E-state index is 12.3. The highest BCUT2D eigenvalue weighted by molar-refractivity contribution is 5.77. The van der Waals surface area contributed by atoms with Gasteiger partial charge in [0.25, 0.3) is 5.69 Å². The lowest BCUT2D eigenvalue weighted by Crippen LogP contribution is -2.12. The molecule has 0 fully saturated rings. The van der Waals surface area contributed by atoms with E-state index >= 15 is 0 Å². The van der Waals surface area contributed by atoms with Crippen molar-refractivity contribution in [3.8, 4) is 28.7 Å². The number of rotatable bonds is 8. The molecule has 0 saturated carbocycles. The molecule has 2 aromatic rings. The molecular weight excluding hydrogens is 358 g/mol. The molecule has 0 heterocycles. The summed E-state index contributed by atoms with van der Waals surface area (Å²) in [4.78, 5) is 22.7. The Balaban J connectivity index is 2.26. The Kier molecular flexibility index (Phi) is 6.42. The van der Waals surface area contributed by atoms with Crippen molar-refractivity contribution >= 4 is 11.7 Å². The van der Waals surface area contributed by atoms with Gasteiger partial charge in [0.1, 0.15) is 0 Å². The van der Waals surface area contributed by atoms with Crippen LogP contribution in [-0.4, -0.2) is 39.3 Å². The van der Waals surface area contributed by atoms with E-state index in [1.54, 1.807) is 12.1 Å². The number of nitro groups is 1. The zero-order chi connectivity index (χ0) is 20.0. The Morgan fingerprint density at radius 1 is 0.889 bits per heavy atom. The van der Waals surface area contributed by atoms with Crippen molar-refractivity contribution in [2.45, 2.75) is 6.42 Å². The van der Waals surface area contributed by atoms with E-state index in [-0.39, 0.29) is 23.6 Å². The maximum Gasteiger partial charge on any atom is 0.315 e. The quantitative estimate of drug-likeness (QED) is 0.299. The van der Waals surface area contributed by atoms with Crippen LogP contribution in [0.15, 0.2) is 30.3 Å². The largest absolute Gasteiger partial charge is 0.493 e. The van der Waals surface area contributed by atoms with Gasteiger partial charge in [-0.1, -0.05) is 0 Å². The summed E-state index contributed by atoms with van der Waals surface area (Å²) in [6, 6.07) is 6.99. The first kappa shape index (κ1) is 19.8. The van der Waals surface area contributed by atoms with Crippen LogP contribution in [0.4, 0.5) is 5.69 Å². The van der Waals surface area contributed by atoms with Gasteiger partial charge in [-0.25, -0.2) is 0 Å². The van der Waals surface area contributed by atoms with E-state index in [9.17, 15) is 14.9 Å². The minimum atomic E-state index is -0.636. The second-order valence-corrected chi connectivity index (χ2v) is 5.28. The third-order valence-electron chi connectivity index (χ3n) is 3.65. The van der Waals surface area contributed by atoms with Crippen molar-refractivity contribution < 1.29 is 33.4 Å². The number of carbonyl (C=O) groups excluding carboxylic acids is 1. The lowest BCUT2D eigenvalue weighted by atomic mass is 10.1. The van der Waals surface area contributed by atoms with Crippen LogP contribution >= 0.6 is 0 Å². The molecule has 2 rings (SSSR count). The van der Waals surface area contributed by atoms with E-state index in [0.29, 0.717) is 22.8 Å². The third kappa shape index (κ3) is 4.57. The molecule has 0 saturated heterocycles. The predicted octanol–water partition coefficient (Wildman–Crippen LogP) is 2.78. The molecule has 0 aromatic heterocycles. The number of hydrogen-bond acceptors (Lipinski definition) is 8. The molecule has 0 unspecified atom stereocenters. The molecule has 9 nitrogen and oxygen atoms in total. The van der Waals surface area contributed by atoms with Crippen LogP contribution < -0.4 is 23.7 Å². The van der Waals surface area contributed by atoms with Crippen LogP contribution in [0.3, 0.4) is 0 Å². The second kappa shape index (κ2) is 8.75. The van der Waals surface area contributed by atoms with Crippen molar-refractivity contribution in [1.82, 2.24) is 0 Å². The second-order valence-electron chi connectivity index (χ2n) is 5.28. The van der Waals surface area contributed by atoms with Crippen LogP contribution in [0.2, 0.25) is 0 Å². The zero-order valence-corrected chi connectivity index (χ0v) is 15.3. The van der Waals surface area contributed by atoms with Crippen LogP contribution in [0.1, 0.15) is 5.56 Å². The molecule has 0 amide bonds. The van der Waals surface area contributed by atoms with Gasteiger partial charge < -0.3 is 23.7 Å². The molecule has 2 aromatic carbocycles. The summed E-state index contributed by atoms with van der Waals surface area (Å²) in [6.45, 7) is 0. The fourth-order valence-corrected chi connectivity index (χ4v) is 2.42. The van der Waals surface area contributed by atoms with Gasteiger partial charge in [-0.2, -0.15) is 0 Å². The van der Waals surface area contributed by atoms with Crippen LogP contribution in [0, 0.1) is 10.1 Å². The average molecular weight is 377 g/mol. The third-order valence-corrected chi connectivity index (χ3v) is 3.65. The predicted molar refractivity (Wildman–Crippen MR) is 95.1 cm³/mol. The summed E-state index contributed by atoms with van der Waals surface area (Å²) < 4.78 is 26.1. The van der Waals surface area contributed by atoms with Gasteiger partial charge in [-0.15, -0.1) is 0 Å². The number of nitro benzene ring substituents is 1. The normalized spacial score (nSPS) is 10.1. The monoisotopic (exact) mass is 377 g/mol. The molecule has 0 aliphatic carbocycles. The summed E-state index contributed by atoms with van der Waals surface area (Å²) in [6.07, 6.45) is -0.122. The Morgan fingerprint density at radius 3 is 1.96 bits per heavy atom. The Morgan fingerprint density at radius 2 is 1.48 bits per heavy atom. The first-order valence-electron chi connectivity index (χ1n) is 7.75. The van der Waals surface area contributed by atoms with E-state index in [1.807, 2.05) is 0 Å². The minimum absolute atomic E-state index is 0.0378. The summed E-state index contributed by atoms with van der Waals surface area (Å²) in [5.74, 6) is 0.726. The summed E-state index contributed by atoms with van der Waals surface area (Å²) in [5.41, 5.74) is 0.338. The maximum absolute atomic E-state index is 12.3. The minimum Gasteiger partial charge on any atom is -0.493 e. The topological polar surface area (TPSA) is 106 Å². The fourth-order valence-electron chi connectivity index (χ4n) is 2.42.